The standard InChI is InChI=1S/C76H126O6/c1-4-7-10-13-16-19-22-24-26-28-30-31-32-33-34-35-36-37-38-39-40-41-42-43-44-45-47-48-50-52-54-57-60-63-66-69-75(78)81-72-73(71-80-74(77)68-65-62-59-56-21-18-15-12-9-6-3)82-76(79)70-67-64-61-58-55-53-51-49-46-29-27-25-23-20-17-14-11-8-5-2/h7-8,10-11,16-17,19-20,24-27,30-31,33-34,46,49,53,55,61,64,73H,4-6,9,12-15,18,21-23,28-29,32,35-45,47-48,50-52,54,56-60,62-63,65-72H2,1-3H3/b10-7-,11-8-,19-16-,20-17-,26-24-,27-25-,31-30-,34-33-,49-46-,55-53-,64-61-. The van der Waals surface area contributed by atoms with Gasteiger partial charge >= 0.3 is 17.9 Å². The molecule has 0 fully saturated rings. The fraction of sp³-hybridized carbons (Fsp3) is 0.671. The van der Waals surface area contributed by atoms with Crippen LogP contribution in [0.2, 0.25) is 0 Å². The Morgan fingerprint density at radius 1 is 0.256 bits per heavy atom. The first-order valence-corrected chi connectivity index (χ1v) is 34.2. The molecule has 0 aliphatic rings. The molecule has 0 heterocycles. The van der Waals surface area contributed by atoms with Crippen LogP contribution >= 0.6 is 0 Å². The lowest BCUT2D eigenvalue weighted by Crippen LogP contribution is -2.30. The van der Waals surface area contributed by atoms with Crippen molar-refractivity contribution in [3.63, 3.8) is 0 Å². The number of unbranched alkanes of at least 4 members (excludes halogenated alkanes) is 28. The highest BCUT2D eigenvalue weighted by atomic mass is 16.6. The van der Waals surface area contributed by atoms with Crippen LogP contribution in [0, 0.1) is 0 Å². The van der Waals surface area contributed by atoms with Gasteiger partial charge in [0.25, 0.3) is 0 Å². The molecule has 0 saturated heterocycles. The van der Waals surface area contributed by atoms with Gasteiger partial charge in [0.15, 0.2) is 6.10 Å². The SMILES string of the molecule is CC/C=C\C/C=C\C/C=C\C/C=C\C/C=C\C/C=C\CCC(=O)OC(COC(=O)CCCCCCCCCCCC)COC(=O)CCCCCCCCCCCCCCCCCCCCC/C=C\C/C=C\C/C=C\C/C=C\C/C=C\CC. The molecule has 0 N–H and O–H groups in total. The lowest BCUT2D eigenvalue weighted by atomic mass is 10.0. The van der Waals surface area contributed by atoms with Crippen molar-refractivity contribution in [3.05, 3.63) is 134 Å². The summed E-state index contributed by atoms with van der Waals surface area (Å²) in [4.78, 5) is 38.2. The Bertz CT molecular complexity index is 1730. The second-order valence-electron chi connectivity index (χ2n) is 22.3. The zero-order valence-corrected chi connectivity index (χ0v) is 53.5. The summed E-state index contributed by atoms with van der Waals surface area (Å²) >= 11 is 0. The van der Waals surface area contributed by atoms with Crippen molar-refractivity contribution in [2.45, 2.75) is 316 Å². The third kappa shape index (κ3) is 66.4. The quantitative estimate of drug-likeness (QED) is 0.0261. The average molecular weight is 1140 g/mol. The van der Waals surface area contributed by atoms with Gasteiger partial charge in [-0.1, -0.05) is 321 Å². The average Bonchev–Trinajstić information content (AvgIpc) is 3.48. The molecule has 1 atom stereocenters. The second kappa shape index (κ2) is 69.0. The maximum Gasteiger partial charge on any atom is 0.306 e. The molecule has 466 valence electrons. The molecule has 1 unspecified atom stereocenters. The van der Waals surface area contributed by atoms with E-state index in [1.165, 1.54) is 154 Å². The summed E-state index contributed by atoms with van der Waals surface area (Å²) in [6.07, 6.45) is 97.9. The number of ether oxygens (including phenoxy) is 3. The first-order chi connectivity index (χ1) is 40.5. The van der Waals surface area contributed by atoms with Crippen LogP contribution in [0.4, 0.5) is 0 Å². The van der Waals surface area contributed by atoms with Gasteiger partial charge in [0.1, 0.15) is 13.2 Å². The normalized spacial score (nSPS) is 13.0. The first kappa shape index (κ1) is 77.5. The summed E-state index contributed by atoms with van der Waals surface area (Å²) in [7, 11) is 0. The molecule has 0 aliphatic carbocycles. The smallest absolute Gasteiger partial charge is 0.306 e. The third-order valence-electron chi connectivity index (χ3n) is 14.4. The van der Waals surface area contributed by atoms with E-state index in [0.717, 1.165) is 109 Å². The summed E-state index contributed by atoms with van der Waals surface area (Å²) < 4.78 is 16.8. The predicted octanol–water partition coefficient (Wildman–Crippen LogP) is 23.7. The zero-order valence-electron chi connectivity index (χ0n) is 53.5. The van der Waals surface area contributed by atoms with Crippen molar-refractivity contribution < 1.29 is 28.6 Å². The van der Waals surface area contributed by atoms with Crippen LogP contribution in [0.1, 0.15) is 310 Å². The van der Waals surface area contributed by atoms with E-state index in [1.54, 1.807) is 0 Å². The highest BCUT2D eigenvalue weighted by Gasteiger charge is 2.19. The summed E-state index contributed by atoms with van der Waals surface area (Å²) in [5.41, 5.74) is 0. The summed E-state index contributed by atoms with van der Waals surface area (Å²) in [6, 6.07) is 0. The third-order valence-corrected chi connectivity index (χ3v) is 14.4. The molecule has 0 amide bonds. The van der Waals surface area contributed by atoms with Crippen LogP contribution in [0.25, 0.3) is 0 Å². The lowest BCUT2D eigenvalue weighted by Gasteiger charge is -2.18. The van der Waals surface area contributed by atoms with Crippen LogP contribution in [0.3, 0.4) is 0 Å². The molecule has 6 nitrogen and oxygen atoms in total. The minimum absolute atomic E-state index is 0.107. The Kier molecular flexibility index (Phi) is 65.3. The monoisotopic (exact) mass is 1130 g/mol. The number of hydrogen-bond donors (Lipinski definition) is 0. The molecule has 82 heavy (non-hydrogen) atoms. The second-order valence-corrected chi connectivity index (χ2v) is 22.3. The van der Waals surface area contributed by atoms with E-state index in [-0.39, 0.29) is 31.6 Å². The van der Waals surface area contributed by atoms with E-state index in [4.69, 9.17) is 14.2 Å². The zero-order chi connectivity index (χ0) is 59.2. The van der Waals surface area contributed by atoms with E-state index in [2.05, 4.69) is 148 Å². The van der Waals surface area contributed by atoms with E-state index in [9.17, 15) is 14.4 Å². The van der Waals surface area contributed by atoms with Crippen molar-refractivity contribution in [1.29, 1.82) is 0 Å². The van der Waals surface area contributed by atoms with Gasteiger partial charge in [0, 0.05) is 19.3 Å². The van der Waals surface area contributed by atoms with Gasteiger partial charge in [0.2, 0.25) is 0 Å². The maximum absolute atomic E-state index is 12.9. The molecule has 0 spiro atoms. The number of esters is 3. The highest BCUT2D eigenvalue weighted by Crippen LogP contribution is 2.17. The molecule has 0 saturated carbocycles. The summed E-state index contributed by atoms with van der Waals surface area (Å²) in [5.74, 6) is -0.986. The van der Waals surface area contributed by atoms with E-state index in [1.807, 2.05) is 6.08 Å². The number of rotatable bonds is 61. The van der Waals surface area contributed by atoms with E-state index >= 15 is 0 Å². The fourth-order valence-corrected chi connectivity index (χ4v) is 9.38. The maximum atomic E-state index is 12.9. The van der Waals surface area contributed by atoms with Gasteiger partial charge in [-0.2, -0.15) is 0 Å². The van der Waals surface area contributed by atoms with Crippen molar-refractivity contribution in [3.8, 4) is 0 Å². The van der Waals surface area contributed by atoms with Crippen LogP contribution < -0.4 is 0 Å². The molecule has 6 heteroatoms. The Labute approximate surface area is 506 Å². The number of carbonyl (C=O) groups excluding carboxylic acids is 3. The minimum Gasteiger partial charge on any atom is -0.462 e. The Morgan fingerprint density at radius 2 is 0.500 bits per heavy atom. The van der Waals surface area contributed by atoms with Crippen molar-refractivity contribution in [1.82, 2.24) is 0 Å². The van der Waals surface area contributed by atoms with Gasteiger partial charge in [0.05, 0.1) is 0 Å². The van der Waals surface area contributed by atoms with Gasteiger partial charge in [-0.05, 0) is 103 Å². The predicted molar refractivity (Wildman–Crippen MR) is 357 cm³/mol. The minimum atomic E-state index is -0.819. The number of allylic oxidation sites excluding steroid dienone is 22. The van der Waals surface area contributed by atoms with Crippen molar-refractivity contribution in [2.75, 3.05) is 13.2 Å². The Morgan fingerprint density at radius 3 is 0.793 bits per heavy atom. The molecule has 0 rings (SSSR count). The van der Waals surface area contributed by atoms with Gasteiger partial charge < -0.3 is 14.2 Å². The Balaban J connectivity index is 4.17. The van der Waals surface area contributed by atoms with E-state index in [0.29, 0.717) is 19.3 Å². The molecular weight excluding hydrogens is 1010 g/mol. The Hall–Kier alpha value is -4.45. The van der Waals surface area contributed by atoms with Gasteiger partial charge in [-0.15, -0.1) is 0 Å². The molecule has 0 bridgehead atoms. The lowest BCUT2D eigenvalue weighted by molar-refractivity contribution is -0.166. The largest absolute Gasteiger partial charge is 0.462 e. The molecule has 0 aliphatic heterocycles. The first-order valence-electron chi connectivity index (χ1n) is 34.2. The molecular formula is C76H126O6. The molecule has 0 radical (unpaired) electrons. The van der Waals surface area contributed by atoms with Crippen LogP contribution in [-0.4, -0.2) is 37.2 Å². The topological polar surface area (TPSA) is 78.9 Å². The molecule has 0 aromatic heterocycles. The number of carbonyl (C=O) groups is 3. The fourth-order valence-electron chi connectivity index (χ4n) is 9.38. The van der Waals surface area contributed by atoms with Crippen molar-refractivity contribution in [2.24, 2.45) is 0 Å². The molecule has 0 aromatic carbocycles. The number of hydrogen-bond acceptors (Lipinski definition) is 6. The van der Waals surface area contributed by atoms with Gasteiger partial charge in [-0.3, -0.25) is 14.4 Å². The highest BCUT2D eigenvalue weighted by molar-refractivity contribution is 5.71. The van der Waals surface area contributed by atoms with Crippen LogP contribution in [-0.2, 0) is 28.6 Å². The summed E-state index contributed by atoms with van der Waals surface area (Å²) in [6.45, 7) is 6.35. The van der Waals surface area contributed by atoms with E-state index < -0.39 is 12.1 Å². The van der Waals surface area contributed by atoms with Crippen LogP contribution in [0.15, 0.2) is 134 Å². The van der Waals surface area contributed by atoms with Crippen molar-refractivity contribution >= 4 is 17.9 Å². The summed E-state index contributed by atoms with van der Waals surface area (Å²) in [5, 5.41) is 0. The van der Waals surface area contributed by atoms with Crippen LogP contribution in [0.5, 0.6) is 0 Å². The van der Waals surface area contributed by atoms with Gasteiger partial charge in [-0.25, -0.2) is 0 Å². The molecule has 0 aromatic rings.